The van der Waals surface area contributed by atoms with E-state index in [9.17, 15) is 4.79 Å². The maximum atomic E-state index is 12.0. The van der Waals surface area contributed by atoms with Crippen LogP contribution in [0.15, 0.2) is 63.0 Å². The number of hydrogen-bond donors (Lipinski definition) is 1. The predicted octanol–water partition coefficient (Wildman–Crippen LogP) is 3.70. The number of nitrogens with one attached hydrogen (secondary N) is 1. The highest BCUT2D eigenvalue weighted by Gasteiger charge is 2.12. The fraction of sp³-hybridized carbons (Fsp3) is 0.158. The van der Waals surface area contributed by atoms with Gasteiger partial charge in [-0.2, -0.15) is 4.98 Å². The Kier molecular flexibility index (Phi) is 5.06. The van der Waals surface area contributed by atoms with E-state index in [2.05, 4.69) is 20.4 Å². The van der Waals surface area contributed by atoms with E-state index in [1.807, 2.05) is 47.8 Å². The summed E-state index contributed by atoms with van der Waals surface area (Å²) in [7, 11) is 0. The van der Waals surface area contributed by atoms with Crippen LogP contribution in [0.5, 0.6) is 0 Å². The first kappa shape index (κ1) is 17.2. The van der Waals surface area contributed by atoms with Crippen LogP contribution in [0.1, 0.15) is 18.2 Å². The summed E-state index contributed by atoms with van der Waals surface area (Å²) < 4.78 is 10.9. The Hall–Kier alpha value is -3.26. The van der Waals surface area contributed by atoms with Crippen LogP contribution in [-0.2, 0) is 17.8 Å². The lowest BCUT2D eigenvalue weighted by atomic mass is 10.2. The quantitative estimate of drug-likeness (QED) is 0.525. The number of rotatable bonds is 7. The molecule has 0 saturated carbocycles. The highest BCUT2D eigenvalue weighted by molar-refractivity contribution is 7.13. The van der Waals surface area contributed by atoms with Gasteiger partial charge in [0.25, 0.3) is 0 Å². The molecule has 0 saturated heterocycles. The lowest BCUT2D eigenvalue weighted by Crippen LogP contribution is -2.23. The van der Waals surface area contributed by atoms with Gasteiger partial charge in [-0.25, -0.2) is 4.98 Å². The Labute approximate surface area is 159 Å². The zero-order chi connectivity index (χ0) is 18.5. The Morgan fingerprint density at radius 2 is 2.00 bits per heavy atom. The van der Waals surface area contributed by atoms with E-state index in [0.717, 1.165) is 10.4 Å². The highest BCUT2D eigenvalue weighted by atomic mass is 32.1. The molecule has 4 aromatic rings. The molecule has 0 spiro atoms. The van der Waals surface area contributed by atoms with E-state index in [1.165, 1.54) is 11.3 Å². The van der Waals surface area contributed by atoms with Gasteiger partial charge in [0, 0.05) is 18.4 Å². The van der Waals surface area contributed by atoms with Gasteiger partial charge in [-0.05, 0) is 11.4 Å². The van der Waals surface area contributed by atoms with Crippen molar-refractivity contribution in [2.24, 2.45) is 0 Å². The van der Waals surface area contributed by atoms with Gasteiger partial charge in [-0.15, -0.1) is 11.3 Å². The summed E-state index contributed by atoms with van der Waals surface area (Å²) in [6, 6.07) is 13.5. The molecule has 0 fully saturated rings. The molecule has 3 aromatic heterocycles. The molecule has 8 heteroatoms. The molecule has 27 heavy (non-hydrogen) atoms. The molecule has 1 N–H and O–H groups in total. The Morgan fingerprint density at radius 1 is 1.11 bits per heavy atom. The van der Waals surface area contributed by atoms with Gasteiger partial charge >= 0.3 is 0 Å². The van der Waals surface area contributed by atoms with E-state index in [-0.39, 0.29) is 18.9 Å². The van der Waals surface area contributed by atoms with Crippen molar-refractivity contribution in [2.75, 3.05) is 0 Å². The summed E-state index contributed by atoms with van der Waals surface area (Å²) in [6.45, 7) is 0.232. The standard InChI is InChI=1S/C19H16N4O3S/c24-16(8-9-17-22-19(23-26-17)15-7-4-10-27-15)20-12-18-21-11-14(25-18)13-5-2-1-3-6-13/h1-7,10-11H,8-9,12H2,(H,20,24). The minimum absolute atomic E-state index is 0.134. The van der Waals surface area contributed by atoms with Gasteiger partial charge in [-0.3, -0.25) is 4.79 Å². The number of aryl methyl sites for hydroxylation is 1. The second kappa shape index (κ2) is 7.96. The topological polar surface area (TPSA) is 94.0 Å². The summed E-state index contributed by atoms with van der Waals surface area (Å²) in [4.78, 5) is 21.5. The molecule has 1 aromatic carbocycles. The first-order valence-corrected chi connectivity index (χ1v) is 9.29. The van der Waals surface area contributed by atoms with E-state index in [1.54, 1.807) is 6.20 Å². The minimum atomic E-state index is -0.134. The van der Waals surface area contributed by atoms with E-state index in [0.29, 0.717) is 29.8 Å². The van der Waals surface area contributed by atoms with Crippen molar-refractivity contribution >= 4 is 17.2 Å². The first-order chi connectivity index (χ1) is 13.3. The van der Waals surface area contributed by atoms with Gasteiger partial charge in [0.2, 0.25) is 23.5 Å². The number of benzene rings is 1. The van der Waals surface area contributed by atoms with E-state index in [4.69, 9.17) is 8.94 Å². The van der Waals surface area contributed by atoms with Gasteiger partial charge in [0.15, 0.2) is 5.76 Å². The summed E-state index contributed by atoms with van der Waals surface area (Å²) in [6.07, 6.45) is 2.28. The van der Waals surface area contributed by atoms with Crippen molar-refractivity contribution in [3.63, 3.8) is 0 Å². The fourth-order valence-corrected chi connectivity index (χ4v) is 3.12. The molecular weight excluding hydrogens is 364 g/mol. The van der Waals surface area contributed by atoms with Crippen LogP contribution in [0.4, 0.5) is 0 Å². The normalized spacial score (nSPS) is 10.8. The van der Waals surface area contributed by atoms with Gasteiger partial charge < -0.3 is 14.3 Å². The second-order valence-corrected chi connectivity index (χ2v) is 6.70. The summed E-state index contributed by atoms with van der Waals surface area (Å²) in [5.74, 6) is 1.99. The number of thiophene rings is 1. The third-order valence-corrected chi connectivity index (χ3v) is 4.69. The molecule has 136 valence electrons. The molecule has 1 amide bonds. The molecular formula is C19H16N4O3S. The Morgan fingerprint density at radius 3 is 2.81 bits per heavy atom. The Bertz CT molecular complexity index is 1010. The predicted molar refractivity (Wildman–Crippen MR) is 99.7 cm³/mol. The molecule has 7 nitrogen and oxygen atoms in total. The molecule has 0 bridgehead atoms. The van der Waals surface area contributed by atoms with Crippen molar-refractivity contribution in [3.05, 3.63) is 65.8 Å². The highest BCUT2D eigenvalue weighted by Crippen LogP contribution is 2.22. The average molecular weight is 380 g/mol. The lowest BCUT2D eigenvalue weighted by Gasteiger charge is -2.01. The third kappa shape index (κ3) is 4.29. The van der Waals surface area contributed by atoms with Crippen molar-refractivity contribution in [1.29, 1.82) is 0 Å². The summed E-state index contributed by atoms with van der Waals surface area (Å²) >= 11 is 1.54. The van der Waals surface area contributed by atoms with Crippen LogP contribution in [0.3, 0.4) is 0 Å². The van der Waals surface area contributed by atoms with Crippen LogP contribution in [0, 0.1) is 0 Å². The average Bonchev–Trinajstić information content (AvgIpc) is 3.47. The van der Waals surface area contributed by atoms with Crippen LogP contribution in [-0.4, -0.2) is 21.0 Å². The maximum Gasteiger partial charge on any atom is 0.227 e. The van der Waals surface area contributed by atoms with Crippen LogP contribution < -0.4 is 5.32 Å². The SMILES string of the molecule is O=C(CCc1nc(-c2cccs2)no1)NCc1ncc(-c2ccccc2)o1. The van der Waals surface area contributed by atoms with Crippen molar-refractivity contribution in [1.82, 2.24) is 20.4 Å². The monoisotopic (exact) mass is 380 g/mol. The molecule has 4 rings (SSSR count). The third-order valence-electron chi connectivity index (χ3n) is 3.82. The zero-order valence-corrected chi connectivity index (χ0v) is 15.1. The van der Waals surface area contributed by atoms with E-state index < -0.39 is 0 Å². The number of carbonyl (C=O) groups is 1. The summed E-state index contributed by atoms with van der Waals surface area (Å²) in [5.41, 5.74) is 0.945. The molecule has 0 atom stereocenters. The van der Waals surface area contributed by atoms with Crippen molar-refractivity contribution in [3.8, 4) is 22.0 Å². The van der Waals surface area contributed by atoms with Gasteiger partial charge in [0.05, 0.1) is 17.6 Å². The van der Waals surface area contributed by atoms with Gasteiger partial charge in [-0.1, -0.05) is 41.6 Å². The number of aromatic nitrogens is 3. The molecule has 0 radical (unpaired) electrons. The van der Waals surface area contributed by atoms with Gasteiger partial charge in [0.1, 0.15) is 0 Å². The number of nitrogens with zero attached hydrogens (tertiary/aromatic N) is 3. The lowest BCUT2D eigenvalue weighted by molar-refractivity contribution is -0.121. The smallest absolute Gasteiger partial charge is 0.227 e. The minimum Gasteiger partial charge on any atom is -0.439 e. The number of carbonyl (C=O) groups excluding carboxylic acids is 1. The largest absolute Gasteiger partial charge is 0.439 e. The molecule has 0 aliphatic carbocycles. The number of oxazole rings is 1. The van der Waals surface area contributed by atoms with Crippen molar-refractivity contribution < 1.29 is 13.7 Å². The first-order valence-electron chi connectivity index (χ1n) is 8.41. The van der Waals surface area contributed by atoms with Crippen molar-refractivity contribution in [2.45, 2.75) is 19.4 Å². The van der Waals surface area contributed by atoms with Crippen LogP contribution in [0.2, 0.25) is 0 Å². The molecule has 0 aliphatic heterocycles. The molecule has 3 heterocycles. The van der Waals surface area contributed by atoms with Crippen LogP contribution in [0.25, 0.3) is 22.0 Å². The van der Waals surface area contributed by atoms with Crippen LogP contribution >= 0.6 is 11.3 Å². The van der Waals surface area contributed by atoms with E-state index >= 15 is 0 Å². The zero-order valence-electron chi connectivity index (χ0n) is 14.3. The number of amides is 1. The molecule has 0 aliphatic rings. The summed E-state index contributed by atoms with van der Waals surface area (Å²) in [5, 5.41) is 8.66. The Balaban J connectivity index is 1.26. The molecule has 0 unspecified atom stereocenters. The fourth-order valence-electron chi connectivity index (χ4n) is 2.47. The second-order valence-electron chi connectivity index (χ2n) is 5.75. The number of hydrogen-bond acceptors (Lipinski definition) is 7. The maximum absolute atomic E-state index is 12.0.